The molecule has 1 aliphatic heterocycles. The lowest BCUT2D eigenvalue weighted by molar-refractivity contribution is -0.134. The molecule has 2 aliphatic rings. The normalized spacial score (nSPS) is 21.7. The molecule has 1 atom stereocenters. The largest absolute Gasteiger partial charge is 0.497 e. The monoisotopic (exact) mass is 479 g/mol. The number of nitrogens with zero attached hydrogens (tertiary/aromatic N) is 2. The number of aromatic nitrogens is 1. The molecule has 1 aliphatic carbocycles. The summed E-state index contributed by atoms with van der Waals surface area (Å²) >= 11 is 1.63. The summed E-state index contributed by atoms with van der Waals surface area (Å²) in [7, 11) is 1.64. The molecule has 3 aromatic rings. The topological polar surface area (TPSA) is 63.6 Å². The van der Waals surface area contributed by atoms with Gasteiger partial charge in [0.2, 0.25) is 5.91 Å². The Labute approximate surface area is 204 Å². The van der Waals surface area contributed by atoms with Crippen LogP contribution in [0.5, 0.6) is 5.75 Å². The lowest BCUT2D eigenvalue weighted by atomic mass is 9.91. The number of carbonyl (C=O) groups excluding carboxylic acids is 2. The summed E-state index contributed by atoms with van der Waals surface area (Å²) in [4.78, 5) is 29.5. The Bertz CT molecular complexity index is 1170. The zero-order valence-electron chi connectivity index (χ0n) is 20.0. The van der Waals surface area contributed by atoms with Gasteiger partial charge in [-0.1, -0.05) is 44.2 Å². The van der Waals surface area contributed by atoms with Crippen LogP contribution in [-0.2, 0) is 17.9 Å². The van der Waals surface area contributed by atoms with Gasteiger partial charge in [0.15, 0.2) is 0 Å². The standard InChI is InChI=1S/C27H33N3O3S/c1-27(26(32)28-20-8-6-4-3-5-7-9-20)18-29-22-14-15-34-24(22)16-23(29)25(31)30(27)17-19-10-12-21(33-2)13-11-19/h10-16,20H,3-9,17-18H2,1-2H3,(H,28,32). The molecule has 0 spiro atoms. The Morgan fingerprint density at radius 3 is 2.53 bits per heavy atom. The minimum absolute atomic E-state index is 0.0531. The van der Waals surface area contributed by atoms with E-state index in [0.29, 0.717) is 18.8 Å². The molecule has 0 bridgehead atoms. The second kappa shape index (κ2) is 9.45. The summed E-state index contributed by atoms with van der Waals surface area (Å²) in [5.74, 6) is 0.621. The summed E-state index contributed by atoms with van der Waals surface area (Å²) < 4.78 is 8.41. The van der Waals surface area contributed by atoms with E-state index in [1.807, 2.05) is 53.3 Å². The minimum atomic E-state index is -0.986. The van der Waals surface area contributed by atoms with Crippen molar-refractivity contribution in [1.29, 1.82) is 0 Å². The highest BCUT2D eigenvalue weighted by atomic mass is 32.1. The van der Waals surface area contributed by atoms with E-state index < -0.39 is 5.54 Å². The first kappa shape index (κ1) is 23.0. The summed E-state index contributed by atoms with van der Waals surface area (Å²) in [6.45, 7) is 2.74. The maximum Gasteiger partial charge on any atom is 0.271 e. The predicted octanol–water partition coefficient (Wildman–Crippen LogP) is 5.36. The minimum Gasteiger partial charge on any atom is -0.497 e. The van der Waals surface area contributed by atoms with E-state index in [9.17, 15) is 9.59 Å². The van der Waals surface area contributed by atoms with E-state index >= 15 is 0 Å². The average molecular weight is 480 g/mol. The second-order valence-electron chi connectivity index (χ2n) is 9.81. The highest BCUT2D eigenvalue weighted by Gasteiger charge is 2.48. The van der Waals surface area contributed by atoms with Gasteiger partial charge < -0.3 is 19.5 Å². The van der Waals surface area contributed by atoms with Gasteiger partial charge in [-0.25, -0.2) is 0 Å². The second-order valence-corrected chi connectivity index (χ2v) is 10.8. The van der Waals surface area contributed by atoms with Crippen LogP contribution in [0.2, 0.25) is 0 Å². The summed E-state index contributed by atoms with van der Waals surface area (Å²) in [6.07, 6.45) is 8.06. The number of ether oxygens (including phenoxy) is 1. The van der Waals surface area contributed by atoms with Crippen molar-refractivity contribution < 1.29 is 14.3 Å². The van der Waals surface area contributed by atoms with Crippen LogP contribution >= 0.6 is 11.3 Å². The number of benzene rings is 1. The quantitative estimate of drug-likeness (QED) is 0.536. The molecule has 2 amide bonds. The highest BCUT2D eigenvalue weighted by Crippen LogP contribution is 2.35. The zero-order valence-corrected chi connectivity index (χ0v) is 20.8. The molecule has 6 nitrogen and oxygen atoms in total. The first-order chi connectivity index (χ1) is 16.5. The molecule has 7 heteroatoms. The van der Waals surface area contributed by atoms with Gasteiger partial charge in [0.25, 0.3) is 5.91 Å². The molecule has 3 heterocycles. The fraction of sp³-hybridized carbons (Fsp3) is 0.481. The van der Waals surface area contributed by atoms with Crippen LogP contribution in [0.15, 0.2) is 41.8 Å². The van der Waals surface area contributed by atoms with Crippen LogP contribution in [-0.4, -0.2) is 40.0 Å². The van der Waals surface area contributed by atoms with E-state index in [-0.39, 0.29) is 17.9 Å². The number of amides is 2. The fourth-order valence-corrected chi connectivity index (χ4v) is 6.20. The van der Waals surface area contributed by atoms with Crippen molar-refractivity contribution in [3.05, 3.63) is 53.0 Å². The molecule has 1 N–H and O–H groups in total. The van der Waals surface area contributed by atoms with Gasteiger partial charge in [0.1, 0.15) is 17.0 Å². The molecule has 1 unspecified atom stereocenters. The van der Waals surface area contributed by atoms with Gasteiger partial charge in [0, 0.05) is 12.6 Å². The van der Waals surface area contributed by atoms with Crippen LogP contribution in [0, 0.1) is 0 Å². The van der Waals surface area contributed by atoms with Crippen LogP contribution in [0.4, 0.5) is 0 Å². The fourth-order valence-electron chi connectivity index (χ4n) is 5.38. The first-order valence-electron chi connectivity index (χ1n) is 12.3. The van der Waals surface area contributed by atoms with Crippen molar-refractivity contribution in [1.82, 2.24) is 14.8 Å². The molecule has 180 valence electrons. The van der Waals surface area contributed by atoms with Crippen LogP contribution in [0.1, 0.15) is 67.9 Å². The smallest absolute Gasteiger partial charge is 0.271 e. The molecule has 1 aromatic carbocycles. The van der Waals surface area contributed by atoms with Crippen molar-refractivity contribution in [3.63, 3.8) is 0 Å². The third-order valence-electron chi connectivity index (χ3n) is 7.48. The lowest BCUT2D eigenvalue weighted by Gasteiger charge is -2.44. The maximum absolute atomic E-state index is 13.9. The van der Waals surface area contributed by atoms with Crippen LogP contribution < -0.4 is 10.1 Å². The van der Waals surface area contributed by atoms with Gasteiger partial charge in [-0.15, -0.1) is 11.3 Å². The molecular weight excluding hydrogens is 446 g/mol. The summed E-state index contributed by atoms with van der Waals surface area (Å²) in [5, 5.41) is 5.39. The molecule has 5 rings (SSSR count). The van der Waals surface area contributed by atoms with Crippen molar-refractivity contribution in [3.8, 4) is 5.75 Å². The number of hydrogen-bond donors (Lipinski definition) is 1. The molecule has 34 heavy (non-hydrogen) atoms. The van der Waals surface area contributed by atoms with E-state index in [4.69, 9.17) is 4.74 Å². The van der Waals surface area contributed by atoms with E-state index in [1.54, 1.807) is 23.3 Å². The SMILES string of the molecule is COc1ccc(CN2C(=O)c3cc4sccc4n3CC2(C)C(=O)NC2CCCCCCC2)cc1. The average Bonchev–Trinajstić information content (AvgIpc) is 3.41. The molecule has 2 aromatic heterocycles. The maximum atomic E-state index is 13.9. The summed E-state index contributed by atoms with van der Waals surface area (Å²) in [6, 6.07) is 11.9. The van der Waals surface area contributed by atoms with Gasteiger partial charge in [-0.05, 0) is 55.0 Å². The lowest BCUT2D eigenvalue weighted by Crippen LogP contribution is -2.64. The van der Waals surface area contributed by atoms with Crippen LogP contribution in [0.3, 0.4) is 0 Å². The summed E-state index contributed by atoms with van der Waals surface area (Å²) in [5.41, 5.74) is 1.68. The van der Waals surface area contributed by atoms with Gasteiger partial charge >= 0.3 is 0 Å². The van der Waals surface area contributed by atoms with E-state index in [2.05, 4.69) is 5.32 Å². The Kier molecular flexibility index (Phi) is 6.38. The van der Waals surface area contributed by atoms with E-state index in [0.717, 1.165) is 47.2 Å². The Morgan fingerprint density at radius 2 is 1.82 bits per heavy atom. The third kappa shape index (κ3) is 4.22. The zero-order chi connectivity index (χ0) is 23.7. The molecular formula is C27H33N3O3S. The third-order valence-corrected chi connectivity index (χ3v) is 8.33. The van der Waals surface area contributed by atoms with Gasteiger partial charge in [-0.2, -0.15) is 0 Å². The number of rotatable bonds is 5. The van der Waals surface area contributed by atoms with E-state index in [1.165, 1.54) is 19.3 Å². The number of methoxy groups -OCH3 is 1. The Hall–Kier alpha value is -2.80. The Balaban J connectivity index is 1.48. The number of nitrogens with one attached hydrogen (secondary N) is 1. The predicted molar refractivity (Wildman–Crippen MR) is 135 cm³/mol. The molecule has 1 saturated carbocycles. The Morgan fingerprint density at radius 1 is 1.12 bits per heavy atom. The van der Waals surface area contributed by atoms with Crippen molar-refractivity contribution >= 4 is 33.4 Å². The number of hydrogen-bond acceptors (Lipinski definition) is 4. The first-order valence-corrected chi connectivity index (χ1v) is 13.2. The van der Waals surface area contributed by atoms with Gasteiger partial charge in [0.05, 0.1) is 23.9 Å². The van der Waals surface area contributed by atoms with Gasteiger partial charge in [-0.3, -0.25) is 9.59 Å². The van der Waals surface area contributed by atoms with Crippen molar-refractivity contribution in [2.75, 3.05) is 7.11 Å². The number of carbonyl (C=O) groups is 2. The van der Waals surface area contributed by atoms with Crippen molar-refractivity contribution in [2.45, 2.75) is 76.5 Å². The van der Waals surface area contributed by atoms with Crippen molar-refractivity contribution in [2.24, 2.45) is 0 Å². The van der Waals surface area contributed by atoms with Crippen LogP contribution in [0.25, 0.3) is 10.2 Å². The molecule has 0 radical (unpaired) electrons. The highest BCUT2D eigenvalue weighted by molar-refractivity contribution is 7.17. The number of thiophene rings is 1. The number of fused-ring (bicyclic) bond motifs is 3. The molecule has 0 saturated heterocycles. The molecule has 1 fully saturated rings.